The molecule has 1 saturated carbocycles. The van der Waals surface area contributed by atoms with Crippen molar-refractivity contribution in [3.63, 3.8) is 0 Å². The van der Waals surface area contributed by atoms with Gasteiger partial charge in [0.2, 0.25) is 0 Å². The largest absolute Gasteiger partial charge is 0.256 e. The van der Waals surface area contributed by atoms with Gasteiger partial charge in [0.05, 0.1) is 17.0 Å². The van der Waals surface area contributed by atoms with E-state index >= 15 is 0 Å². The first kappa shape index (κ1) is 8.43. The van der Waals surface area contributed by atoms with Crippen molar-refractivity contribution in [3.05, 3.63) is 42.1 Å². The van der Waals surface area contributed by atoms with Crippen LogP contribution < -0.4 is 0 Å². The third-order valence-corrected chi connectivity index (χ3v) is 3.12. The van der Waals surface area contributed by atoms with Crippen LogP contribution in [0.5, 0.6) is 0 Å². The van der Waals surface area contributed by atoms with Crippen LogP contribution in [0.3, 0.4) is 0 Å². The Hall–Kier alpha value is -1.88. The Morgan fingerprint density at radius 3 is 2.87 bits per heavy atom. The van der Waals surface area contributed by atoms with Crippen LogP contribution in [0.1, 0.15) is 18.4 Å². The van der Waals surface area contributed by atoms with Crippen LogP contribution in [0.15, 0.2) is 36.5 Å². The van der Waals surface area contributed by atoms with Crippen LogP contribution in [-0.4, -0.2) is 4.98 Å². The molecule has 0 atom stereocenters. The zero-order chi connectivity index (χ0) is 10.3. The van der Waals surface area contributed by atoms with Gasteiger partial charge in [0, 0.05) is 11.6 Å². The number of nitriles is 1. The van der Waals surface area contributed by atoms with Crippen molar-refractivity contribution >= 4 is 10.9 Å². The molecule has 2 aromatic rings. The van der Waals surface area contributed by atoms with E-state index < -0.39 is 0 Å². The molecule has 1 fully saturated rings. The molecular weight excluding hydrogens is 184 g/mol. The zero-order valence-corrected chi connectivity index (χ0v) is 8.27. The van der Waals surface area contributed by atoms with E-state index in [0.717, 1.165) is 29.3 Å². The van der Waals surface area contributed by atoms with Crippen LogP contribution in [0.25, 0.3) is 10.9 Å². The van der Waals surface area contributed by atoms with Crippen LogP contribution in [0.4, 0.5) is 0 Å². The molecule has 0 aliphatic heterocycles. The second-order valence-electron chi connectivity index (χ2n) is 4.10. The van der Waals surface area contributed by atoms with Gasteiger partial charge in [0.1, 0.15) is 0 Å². The minimum Gasteiger partial charge on any atom is -0.256 e. The van der Waals surface area contributed by atoms with E-state index in [9.17, 15) is 0 Å². The molecule has 0 amide bonds. The molecule has 2 nitrogen and oxygen atoms in total. The smallest absolute Gasteiger partial charge is 0.0824 e. The van der Waals surface area contributed by atoms with Crippen LogP contribution >= 0.6 is 0 Å². The van der Waals surface area contributed by atoms with Crippen LogP contribution in [0, 0.1) is 11.3 Å². The first-order chi connectivity index (χ1) is 7.34. The van der Waals surface area contributed by atoms with Crippen molar-refractivity contribution in [1.82, 2.24) is 4.98 Å². The summed E-state index contributed by atoms with van der Waals surface area (Å²) in [5, 5.41) is 10.2. The minimum absolute atomic E-state index is 0.190. The van der Waals surface area contributed by atoms with E-state index in [4.69, 9.17) is 5.26 Å². The van der Waals surface area contributed by atoms with Crippen molar-refractivity contribution in [3.8, 4) is 6.07 Å². The SMILES string of the molecule is N#CC1(c2ccc3ncccc3c2)CC1. The topological polar surface area (TPSA) is 36.7 Å². The second-order valence-corrected chi connectivity index (χ2v) is 4.10. The molecule has 0 radical (unpaired) electrons. The molecule has 1 aromatic carbocycles. The fraction of sp³-hybridized carbons (Fsp3) is 0.231. The first-order valence-electron chi connectivity index (χ1n) is 5.11. The predicted molar refractivity (Wildman–Crippen MR) is 58.3 cm³/mol. The summed E-state index contributed by atoms with van der Waals surface area (Å²) in [4.78, 5) is 4.27. The van der Waals surface area contributed by atoms with E-state index in [1.54, 1.807) is 6.20 Å². The molecule has 0 unspecified atom stereocenters. The van der Waals surface area contributed by atoms with Gasteiger partial charge >= 0.3 is 0 Å². The lowest BCUT2D eigenvalue weighted by Gasteiger charge is -2.06. The van der Waals surface area contributed by atoms with Crippen molar-refractivity contribution < 1.29 is 0 Å². The fourth-order valence-corrected chi connectivity index (χ4v) is 1.96. The molecule has 0 bridgehead atoms. The lowest BCUT2D eigenvalue weighted by atomic mass is 9.96. The summed E-state index contributed by atoms with van der Waals surface area (Å²) in [6.45, 7) is 0. The highest BCUT2D eigenvalue weighted by atomic mass is 14.6. The fourth-order valence-electron chi connectivity index (χ4n) is 1.96. The quantitative estimate of drug-likeness (QED) is 0.699. The zero-order valence-electron chi connectivity index (χ0n) is 8.27. The van der Waals surface area contributed by atoms with Crippen molar-refractivity contribution in [2.24, 2.45) is 0 Å². The molecule has 2 heteroatoms. The number of pyridine rings is 1. The summed E-state index contributed by atoms with van der Waals surface area (Å²) in [6, 6.07) is 12.5. The standard InChI is InChI=1S/C13H10N2/c14-9-13(5-6-13)11-3-4-12-10(8-11)2-1-7-15-12/h1-4,7-8H,5-6H2. The first-order valence-corrected chi connectivity index (χ1v) is 5.11. The lowest BCUT2D eigenvalue weighted by molar-refractivity contribution is 0.911. The molecule has 3 rings (SSSR count). The number of aromatic nitrogens is 1. The summed E-state index contributed by atoms with van der Waals surface area (Å²) in [5.74, 6) is 0. The molecule has 0 saturated heterocycles. The van der Waals surface area contributed by atoms with E-state index in [1.165, 1.54) is 0 Å². The maximum Gasteiger partial charge on any atom is 0.0824 e. The minimum atomic E-state index is -0.190. The number of rotatable bonds is 1. The van der Waals surface area contributed by atoms with Gasteiger partial charge in [-0.25, -0.2) is 0 Å². The predicted octanol–water partition coefficient (Wildman–Crippen LogP) is 2.79. The van der Waals surface area contributed by atoms with Crippen LogP contribution in [-0.2, 0) is 5.41 Å². The van der Waals surface area contributed by atoms with Gasteiger partial charge < -0.3 is 0 Å². The maximum atomic E-state index is 9.12. The Morgan fingerprint density at radius 2 is 2.13 bits per heavy atom. The Bertz CT molecular complexity index is 562. The molecule has 1 aliphatic carbocycles. The monoisotopic (exact) mass is 194 g/mol. The Kier molecular flexibility index (Phi) is 1.58. The Morgan fingerprint density at radius 1 is 1.27 bits per heavy atom. The number of benzene rings is 1. The molecule has 0 spiro atoms. The normalized spacial score (nSPS) is 17.3. The molecule has 72 valence electrons. The average molecular weight is 194 g/mol. The van der Waals surface area contributed by atoms with Gasteiger partial charge in [-0.15, -0.1) is 0 Å². The van der Waals surface area contributed by atoms with Crippen molar-refractivity contribution in [2.75, 3.05) is 0 Å². The molecule has 1 heterocycles. The van der Waals surface area contributed by atoms with E-state index in [-0.39, 0.29) is 5.41 Å². The maximum absolute atomic E-state index is 9.12. The van der Waals surface area contributed by atoms with Crippen LogP contribution in [0.2, 0.25) is 0 Å². The third kappa shape index (κ3) is 1.20. The highest BCUT2D eigenvalue weighted by Crippen LogP contribution is 2.47. The van der Waals surface area contributed by atoms with E-state index in [2.05, 4.69) is 17.1 Å². The van der Waals surface area contributed by atoms with E-state index in [1.807, 2.05) is 24.3 Å². The summed E-state index contributed by atoms with van der Waals surface area (Å²) in [6.07, 6.45) is 3.78. The highest BCUT2D eigenvalue weighted by Gasteiger charge is 2.44. The van der Waals surface area contributed by atoms with Gasteiger partial charge in [-0.3, -0.25) is 4.98 Å². The summed E-state index contributed by atoms with van der Waals surface area (Å²) in [7, 11) is 0. The second kappa shape index (κ2) is 2.80. The molecule has 0 N–H and O–H groups in total. The number of nitrogens with zero attached hydrogens (tertiary/aromatic N) is 2. The molecular formula is C13H10N2. The number of hydrogen-bond donors (Lipinski definition) is 0. The average Bonchev–Trinajstić information content (AvgIpc) is 3.09. The van der Waals surface area contributed by atoms with Crippen molar-refractivity contribution in [1.29, 1.82) is 5.26 Å². The lowest BCUT2D eigenvalue weighted by Crippen LogP contribution is -2.01. The van der Waals surface area contributed by atoms with Gasteiger partial charge in [0.25, 0.3) is 0 Å². The third-order valence-electron chi connectivity index (χ3n) is 3.12. The Balaban J connectivity index is 2.19. The highest BCUT2D eigenvalue weighted by molar-refractivity contribution is 5.79. The number of fused-ring (bicyclic) bond motifs is 1. The van der Waals surface area contributed by atoms with Crippen molar-refractivity contribution in [2.45, 2.75) is 18.3 Å². The Labute approximate surface area is 88.2 Å². The molecule has 1 aromatic heterocycles. The van der Waals surface area contributed by atoms with Gasteiger partial charge in [-0.1, -0.05) is 12.1 Å². The number of hydrogen-bond acceptors (Lipinski definition) is 2. The summed E-state index contributed by atoms with van der Waals surface area (Å²) < 4.78 is 0. The van der Waals surface area contributed by atoms with Gasteiger partial charge in [-0.2, -0.15) is 5.26 Å². The van der Waals surface area contributed by atoms with E-state index in [0.29, 0.717) is 0 Å². The summed E-state index contributed by atoms with van der Waals surface area (Å²) >= 11 is 0. The van der Waals surface area contributed by atoms with Gasteiger partial charge in [-0.05, 0) is 36.6 Å². The summed E-state index contributed by atoms with van der Waals surface area (Å²) in [5.41, 5.74) is 1.95. The van der Waals surface area contributed by atoms with Gasteiger partial charge in [0.15, 0.2) is 0 Å². The molecule has 15 heavy (non-hydrogen) atoms. The molecule has 1 aliphatic rings.